The molecule has 1 aliphatic carbocycles. The van der Waals surface area contributed by atoms with Crippen molar-refractivity contribution in [3.05, 3.63) is 63.6 Å². The number of hydrogen-bond donors (Lipinski definition) is 1. The molecule has 0 bridgehead atoms. The molecule has 4 heteroatoms. The summed E-state index contributed by atoms with van der Waals surface area (Å²) in [4.78, 5) is 4.77. The number of anilines is 1. The fourth-order valence-corrected chi connectivity index (χ4v) is 3.39. The molecule has 21 heavy (non-hydrogen) atoms. The van der Waals surface area contributed by atoms with E-state index < -0.39 is 0 Å². The number of rotatable bonds is 1. The highest BCUT2D eigenvalue weighted by atomic mass is 79.9. The molecule has 3 nitrogen and oxygen atoms in total. The summed E-state index contributed by atoms with van der Waals surface area (Å²) >= 11 is 3.48. The molecular formula is C17H15BrN2O. The zero-order valence-electron chi connectivity index (χ0n) is 11.5. The van der Waals surface area contributed by atoms with Crippen LogP contribution in [0.5, 0.6) is 0 Å². The monoisotopic (exact) mass is 342 g/mol. The van der Waals surface area contributed by atoms with Crippen molar-refractivity contribution in [1.29, 1.82) is 0 Å². The molecule has 2 aliphatic rings. The first kappa shape index (κ1) is 12.9. The van der Waals surface area contributed by atoms with E-state index >= 15 is 0 Å². The number of nitrogens with zero attached hydrogens (tertiary/aromatic N) is 1. The number of nitrogens with one attached hydrogen (secondary N) is 1. The molecule has 0 amide bonds. The summed E-state index contributed by atoms with van der Waals surface area (Å²) in [7, 11) is 0. The fraction of sp³-hybridized carbons (Fsp3) is 0.235. The van der Waals surface area contributed by atoms with Crippen LogP contribution in [0.2, 0.25) is 0 Å². The molecule has 0 saturated heterocycles. The number of hydrogen-bond acceptors (Lipinski definition) is 2. The summed E-state index contributed by atoms with van der Waals surface area (Å²) in [6.45, 7) is 0.564. The van der Waals surface area contributed by atoms with Gasteiger partial charge < -0.3 is 10.1 Å². The van der Waals surface area contributed by atoms with Gasteiger partial charge in [0.2, 0.25) is 0 Å². The molecule has 1 N–H and O–H groups in total. The lowest BCUT2D eigenvalue weighted by Gasteiger charge is -2.21. The van der Waals surface area contributed by atoms with E-state index in [9.17, 15) is 0 Å². The number of fused-ring (bicyclic) bond motifs is 2. The minimum Gasteiger partial charge on any atom is -0.460 e. The van der Waals surface area contributed by atoms with Gasteiger partial charge in [0.25, 0.3) is 6.02 Å². The predicted molar refractivity (Wildman–Crippen MR) is 87.5 cm³/mol. The van der Waals surface area contributed by atoms with E-state index in [1.807, 2.05) is 6.07 Å². The van der Waals surface area contributed by atoms with E-state index in [1.54, 1.807) is 0 Å². The summed E-state index contributed by atoms with van der Waals surface area (Å²) in [5.74, 6) is 0. The van der Waals surface area contributed by atoms with Crippen LogP contribution in [-0.2, 0) is 17.8 Å². The number of aliphatic imine (C=N–C) groups is 1. The van der Waals surface area contributed by atoms with Gasteiger partial charge in [0.05, 0.1) is 6.04 Å². The molecule has 0 radical (unpaired) electrons. The molecule has 1 unspecified atom stereocenters. The zero-order valence-corrected chi connectivity index (χ0v) is 13.1. The molecule has 4 rings (SSSR count). The van der Waals surface area contributed by atoms with Gasteiger partial charge >= 0.3 is 0 Å². The Bertz CT molecular complexity index is 726. The number of benzene rings is 2. The van der Waals surface area contributed by atoms with E-state index in [0.717, 1.165) is 28.6 Å². The molecule has 0 aromatic heterocycles. The lowest BCUT2D eigenvalue weighted by molar-refractivity contribution is 0.282. The summed E-state index contributed by atoms with van der Waals surface area (Å²) in [6, 6.07) is 15.5. The van der Waals surface area contributed by atoms with Gasteiger partial charge in [-0.05, 0) is 42.2 Å². The lowest BCUT2D eigenvalue weighted by atomic mass is 10.1. The average Bonchev–Trinajstić information content (AvgIpc) is 2.91. The van der Waals surface area contributed by atoms with Gasteiger partial charge in [-0.15, -0.1) is 0 Å². The Kier molecular flexibility index (Phi) is 3.19. The van der Waals surface area contributed by atoms with Crippen LogP contribution in [0.1, 0.15) is 29.2 Å². The van der Waals surface area contributed by atoms with Crippen molar-refractivity contribution in [1.82, 2.24) is 0 Å². The van der Waals surface area contributed by atoms with Crippen LogP contribution < -0.4 is 5.32 Å². The number of amidine groups is 1. The number of halogens is 1. The van der Waals surface area contributed by atoms with Gasteiger partial charge in [-0.3, -0.25) is 0 Å². The summed E-state index contributed by atoms with van der Waals surface area (Å²) in [6.07, 6.45) is 2.15. The average molecular weight is 343 g/mol. The van der Waals surface area contributed by atoms with Crippen LogP contribution in [0.4, 0.5) is 5.69 Å². The first-order valence-electron chi connectivity index (χ1n) is 7.13. The molecule has 0 fully saturated rings. The highest BCUT2D eigenvalue weighted by molar-refractivity contribution is 9.10. The van der Waals surface area contributed by atoms with Crippen LogP contribution >= 0.6 is 15.9 Å². The minimum atomic E-state index is 0.209. The third-order valence-corrected chi connectivity index (χ3v) is 4.54. The van der Waals surface area contributed by atoms with Crippen molar-refractivity contribution in [3.8, 4) is 0 Å². The first-order valence-corrected chi connectivity index (χ1v) is 7.93. The zero-order chi connectivity index (χ0) is 14.2. The Morgan fingerprint density at radius 2 is 2.05 bits per heavy atom. The van der Waals surface area contributed by atoms with Gasteiger partial charge in [-0.2, -0.15) is 0 Å². The van der Waals surface area contributed by atoms with Crippen LogP contribution in [-0.4, -0.2) is 6.02 Å². The maximum Gasteiger partial charge on any atom is 0.290 e. The summed E-state index contributed by atoms with van der Waals surface area (Å²) in [5, 5.41) is 3.29. The van der Waals surface area contributed by atoms with Crippen LogP contribution in [0, 0.1) is 0 Å². The molecule has 0 saturated carbocycles. The van der Waals surface area contributed by atoms with Gasteiger partial charge in [-0.25, -0.2) is 4.99 Å². The van der Waals surface area contributed by atoms with E-state index in [2.05, 4.69) is 57.6 Å². The quantitative estimate of drug-likeness (QED) is 0.831. The minimum absolute atomic E-state index is 0.209. The third kappa shape index (κ3) is 2.44. The van der Waals surface area contributed by atoms with E-state index in [4.69, 9.17) is 9.73 Å². The molecule has 1 atom stereocenters. The van der Waals surface area contributed by atoms with Gasteiger partial charge in [0.1, 0.15) is 6.61 Å². The van der Waals surface area contributed by atoms with E-state index in [-0.39, 0.29) is 6.04 Å². The van der Waals surface area contributed by atoms with Gasteiger partial charge in [0.15, 0.2) is 0 Å². The number of ether oxygens (including phenoxy) is 1. The van der Waals surface area contributed by atoms with Crippen molar-refractivity contribution < 1.29 is 4.74 Å². The molecule has 0 spiro atoms. The first-order chi connectivity index (χ1) is 10.3. The maximum atomic E-state index is 5.75. The van der Waals surface area contributed by atoms with Gasteiger partial charge in [-0.1, -0.05) is 40.2 Å². The van der Waals surface area contributed by atoms with Crippen molar-refractivity contribution >= 4 is 27.6 Å². The van der Waals surface area contributed by atoms with E-state index in [0.29, 0.717) is 12.6 Å². The Morgan fingerprint density at radius 1 is 1.14 bits per heavy atom. The predicted octanol–water partition coefficient (Wildman–Crippen LogP) is 4.43. The molecule has 1 heterocycles. The fourth-order valence-electron chi connectivity index (χ4n) is 2.98. The number of aryl methyl sites for hydroxylation is 1. The molecule has 2 aromatic carbocycles. The highest BCUT2D eigenvalue weighted by Gasteiger charge is 2.23. The van der Waals surface area contributed by atoms with Crippen molar-refractivity contribution in [2.24, 2.45) is 4.99 Å². The largest absolute Gasteiger partial charge is 0.460 e. The smallest absolute Gasteiger partial charge is 0.290 e. The Hall–Kier alpha value is -1.81. The molecule has 106 valence electrons. The normalized spacial score (nSPS) is 21.4. The Balaban J connectivity index is 1.60. The van der Waals surface area contributed by atoms with Crippen LogP contribution in [0.15, 0.2) is 51.9 Å². The van der Waals surface area contributed by atoms with Crippen LogP contribution in [0.25, 0.3) is 0 Å². The topological polar surface area (TPSA) is 33.6 Å². The Morgan fingerprint density at radius 3 is 3.00 bits per heavy atom. The van der Waals surface area contributed by atoms with Crippen molar-refractivity contribution in [3.63, 3.8) is 0 Å². The molecule has 2 aromatic rings. The summed E-state index contributed by atoms with van der Waals surface area (Å²) in [5.41, 5.74) is 4.97. The second-order valence-electron chi connectivity index (χ2n) is 5.40. The van der Waals surface area contributed by atoms with Gasteiger partial charge in [0, 0.05) is 15.7 Å². The highest BCUT2D eigenvalue weighted by Crippen LogP contribution is 2.34. The third-order valence-electron chi connectivity index (χ3n) is 4.05. The Labute approximate surface area is 132 Å². The van der Waals surface area contributed by atoms with Crippen molar-refractivity contribution in [2.75, 3.05) is 5.32 Å². The van der Waals surface area contributed by atoms with E-state index in [1.165, 1.54) is 11.1 Å². The second kappa shape index (κ2) is 5.19. The summed E-state index contributed by atoms with van der Waals surface area (Å²) < 4.78 is 6.82. The maximum absolute atomic E-state index is 5.75. The van der Waals surface area contributed by atoms with Crippen LogP contribution in [0.3, 0.4) is 0 Å². The van der Waals surface area contributed by atoms with Crippen molar-refractivity contribution in [2.45, 2.75) is 25.5 Å². The SMILES string of the molecule is Brc1ccc2c(c1)COC(=NC1CCc3ccccc31)N2. The molecular weight excluding hydrogens is 328 g/mol. The second-order valence-corrected chi connectivity index (χ2v) is 6.32. The molecule has 1 aliphatic heterocycles. The standard InChI is InChI=1S/C17H15BrN2O/c18-13-6-8-15-12(9-13)10-21-17(19-15)20-16-7-5-11-3-1-2-4-14(11)16/h1-4,6,8-9,16H,5,7,10H2,(H,19,20). The lowest BCUT2D eigenvalue weighted by Crippen LogP contribution is -2.23.